The SMILES string of the molecule is CC(=O)N1CC(=O)NC(=Cc2nc(Cc3ccccc3)n(C(F)(F)F)c2C(C)C)C1=O. The minimum Gasteiger partial charge on any atom is -0.320 e. The molecular weight excluding hydrogens is 413 g/mol. The van der Waals surface area contributed by atoms with Gasteiger partial charge in [0.15, 0.2) is 0 Å². The van der Waals surface area contributed by atoms with E-state index in [2.05, 4.69) is 10.3 Å². The minimum atomic E-state index is -4.74. The summed E-state index contributed by atoms with van der Waals surface area (Å²) >= 11 is 0. The molecule has 1 aliphatic heterocycles. The first-order valence-corrected chi connectivity index (χ1v) is 9.55. The predicted molar refractivity (Wildman–Crippen MR) is 105 cm³/mol. The van der Waals surface area contributed by atoms with Gasteiger partial charge in [0.05, 0.1) is 11.4 Å². The second kappa shape index (κ2) is 8.37. The van der Waals surface area contributed by atoms with Crippen molar-refractivity contribution in [2.24, 2.45) is 0 Å². The Balaban J connectivity index is 2.15. The zero-order valence-electron chi connectivity index (χ0n) is 17.2. The zero-order chi connectivity index (χ0) is 22.9. The van der Waals surface area contributed by atoms with Crippen LogP contribution < -0.4 is 5.32 Å². The summed E-state index contributed by atoms with van der Waals surface area (Å²) in [6, 6.07) is 8.58. The number of hydrogen-bond acceptors (Lipinski definition) is 4. The van der Waals surface area contributed by atoms with E-state index in [9.17, 15) is 27.6 Å². The molecule has 1 fully saturated rings. The number of nitrogens with zero attached hydrogens (tertiary/aromatic N) is 3. The van der Waals surface area contributed by atoms with Gasteiger partial charge < -0.3 is 5.32 Å². The highest BCUT2D eigenvalue weighted by atomic mass is 19.4. The van der Waals surface area contributed by atoms with Crippen LogP contribution in [0.25, 0.3) is 6.08 Å². The van der Waals surface area contributed by atoms with Crippen molar-refractivity contribution < 1.29 is 27.6 Å². The summed E-state index contributed by atoms with van der Waals surface area (Å²) in [7, 11) is 0. The molecule has 10 heteroatoms. The standard InChI is InChI=1S/C21H21F3N4O3/c1-12(2)19-15(10-16-20(31)27(13(3)29)11-18(30)26-16)25-17(28(19)21(22,23)24)9-14-7-5-4-6-8-14/h4-8,10,12H,9,11H2,1-3H3,(H,26,30). The monoisotopic (exact) mass is 434 g/mol. The number of halogens is 3. The third-order valence-electron chi connectivity index (χ3n) is 4.73. The molecule has 3 amide bonds. The quantitative estimate of drug-likeness (QED) is 0.750. The Hall–Kier alpha value is -3.43. The van der Waals surface area contributed by atoms with Crippen LogP contribution in [0.1, 0.15) is 49.5 Å². The Kier molecular flexibility index (Phi) is 6.01. The molecular formula is C21H21F3N4O3. The van der Waals surface area contributed by atoms with Gasteiger partial charge in [-0.1, -0.05) is 44.2 Å². The van der Waals surface area contributed by atoms with Gasteiger partial charge in [-0.3, -0.25) is 19.3 Å². The van der Waals surface area contributed by atoms with E-state index in [-0.39, 0.29) is 33.9 Å². The largest absolute Gasteiger partial charge is 0.490 e. The molecule has 0 atom stereocenters. The summed E-state index contributed by atoms with van der Waals surface area (Å²) in [6.07, 6.45) is -3.72. The van der Waals surface area contributed by atoms with E-state index >= 15 is 0 Å². The van der Waals surface area contributed by atoms with Gasteiger partial charge >= 0.3 is 6.30 Å². The van der Waals surface area contributed by atoms with Gasteiger partial charge in [-0.2, -0.15) is 0 Å². The minimum absolute atomic E-state index is 0.0802. The first-order chi connectivity index (χ1) is 14.5. The Morgan fingerprint density at radius 3 is 2.42 bits per heavy atom. The molecule has 1 aromatic heterocycles. The van der Waals surface area contributed by atoms with Gasteiger partial charge in [-0.25, -0.2) is 9.55 Å². The highest BCUT2D eigenvalue weighted by Crippen LogP contribution is 2.34. The number of alkyl halides is 3. The molecule has 1 aliphatic rings. The fourth-order valence-electron chi connectivity index (χ4n) is 3.43. The fraction of sp³-hybridized carbons (Fsp3) is 0.333. The van der Waals surface area contributed by atoms with Crippen LogP contribution in [-0.2, 0) is 27.1 Å². The number of rotatable bonds is 4. The molecule has 0 aliphatic carbocycles. The van der Waals surface area contributed by atoms with Gasteiger partial charge in [0.1, 0.15) is 18.1 Å². The number of aromatic nitrogens is 2. The molecule has 0 unspecified atom stereocenters. The lowest BCUT2D eigenvalue weighted by molar-refractivity contribution is -0.207. The third-order valence-corrected chi connectivity index (χ3v) is 4.73. The van der Waals surface area contributed by atoms with E-state index in [1.807, 2.05) is 0 Å². The van der Waals surface area contributed by atoms with Crippen LogP contribution in [0.5, 0.6) is 0 Å². The molecule has 0 bridgehead atoms. The number of nitrogens with one attached hydrogen (secondary N) is 1. The van der Waals surface area contributed by atoms with Crippen LogP contribution in [0.15, 0.2) is 36.0 Å². The molecule has 2 aromatic rings. The maximum absolute atomic E-state index is 14.0. The molecule has 1 aromatic carbocycles. The Morgan fingerprint density at radius 1 is 1.23 bits per heavy atom. The number of amides is 3. The molecule has 3 rings (SSSR count). The molecule has 31 heavy (non-hydrogen) atoms. The fourth-order valence-corrected chi connectivity index (χ4v) is 3.43. The van der Waals surface area contributed by atoms with E-state index < -0.39 is 36.5 Å². The number of carbonyl (C=O) groups excluding carboxylic acids is 3. The maximum atomic E-state index is 14.0. The molecule has 0 spiro atoms. The van der Waals surface area contributed by atoms with Gasteiger partial charge in [-0.15, -0.1) is 13.2 Å². The van der Waals surface area contributed by atoms with E-state index in [0.29, 0.717) is 5.56 Å². The lowest BCUT2D eigenvalue weighted by Crippen LogP contribution is -2.51. The third kappa shape index (κ3) is 4.68. The summed E-state index contributed by atoms with van der Waals surface area (Å²) in [5.74, 6) is -2.89. The molecule has 7 nitrogen and oxygen atoms in total. The van der Waals surface area contributed by atoms with Crippen LogP contribution in [0, 0.1) is 0 Å². The van der Waals surface area contributed by atoms with Crippen molar-refractivity contribution in [2.75, 3.05) is 6.54 Å². The average molecular weight is 434 g/mol. The predicted octanol–water partition coefficient (Wildman–Crippen LogP) is 2.92. The number of imidazole rings is 1. The number of piperazine rings is 1. The van der Waals surface area contributed by atoms with Crippen molar-refractivity contribution in [2.45, 2.75) is 39.4 Å². The Morgan fingerprint density at radius 2 is 1.87 bits per heavy atom. The van der Waals surface area contributed by atoms with Crippen LogP contribution in [-0.4, -0.2) is 38.7 Å². The van der Waals surface area contributed by atoms with Crippen molar-refractivity contribution >= 4 is 23.8 Å². The highest BCUT2D eigenvalue weighted by Gasteiger charge is 2.39. The molecule has 0 saturated carbocycles. The van der Waals surface area contributed by atoms with Gasteiger partial charge in [-0.05, 0) is 17.6 Å². The number of hydrogen-bond donors (Lipinski definition) is 1. The van der Waals surface area contributed by atoms with Crippen LogP contribution >= 0.6 is 0 Å². The topological polar surface area (TPSA) is 84.3 Å². The van der Waals surface area contributed by atoms with Gasteiger partial charge in [0.2, 0.25) is 11.8 Å². The van der Waals surface area contributed by atoms with Crippen molar-refractivity contribution in [3.05, 3.63) is 58.8 Å². The molecule has 2 heterocycles. The van der Waals surface area contributed by atoms with Crippen LogP contribution in [0.2, 0.25) is 0 Å². The van der Waals surface area contributed by atoms with Crippen molar-refractivity contribution in [3.63, 3.8) is 0 Å². The first kappa shape index (κ1) is 22.3. The van der Waals surface area contributed by atoms with Crippen molar-refractivity contribution in [1.29, 1.82) is 0 Å². The van der Waals surface area contributed by atoms with Gasteiger partial charge in [0.25, 0.3) is 5.91 Å². The summed E-state index contributed by atoms with van der Waals surface area (Å²) in [5.41, 5.74) is 0.101. The highest BCUT2D eigenvalue weighted by molar-refractivity contribution is 6.12. The van der Waals surface area contributed by atoms with E-state index in [0.717, 1.165) is 17.9 Å². The molecule has 1 saturated heterocycles. The van der Waals surface area contributed by atoms with E-state index in [1.165, 1.54) is 0 Å². The second-order valence-electron chi connectivity index (χ2n) is 7.44. The van der Waals surface area contributed by atoms with Crippen molar-refractivity contribution in [1.82, 2.24) is 19.8 Å². The number of benzene rings is 1. The normalized spacial score (nSPS) is 16.2. The van der Waals surface area contributed by atoms with E-state index in [4.69, 9.17) is 0 Å². The summed E-state index contributed by atoms with van der Waals surface area (Å²) in [6.45, 7) is 3.84. The van der Waals surface area contributed by atoms with Crippen LogP contribution in [0.3, 0.4) is 0 Å². The molecule has 164 valence electrons. The number of imide groups is 1. The van der Waals surface area contributed by atoms with E-state index in [1.54, 1.807) is 44.2 Å². The summed E-state index contributed by atoms with van der Waals surface area (Å²) in [4.78, 5) is 41.0. The molecule has 1 N–H and O–H groups in total. The van der Waals surface area contributed by atoms with Crippen molar-refractivity contribution in [3.8, 4) is 0 Å². The summed E-state index contributed by atoms with van der Waals surface area (Å²) in [5, 5.41) is 2.33. The zero-order valence-corrected chi connectivity index (χ0v) is 17.2. The lowest BCUT2D eigenvalue weighted by Gasteiger charge is -2.25. The van der Waals surface area contributed by atoms with Gasteiger partial charge in [0, 0.05) is 13.3 Å². The lowest BCUT2D eigenvalue weighted by atomic mass is 10.1. The number of carbonyl (C=O) groups is 3. The average Bonchev–Trinajstić information content (AvgIpc) is 3.03. The smallest absolute Gasteiger partial charge is 0.320 e. The molecule has 0 radical (unpaired) electrons. The second-order valence-corrected chi connectivity index (χ2v) is 7.44. The summed E-state index contributed by atoms with van der Waals surface area (Å²) < 4.78 is 42.2. The Bertz CT molecular complexity index is 1060. The maximum Gasteiger partial charge on any atom is 0.490 e. The van der Waals surface area contributed by atoms with Crippen LogP contribution in [0.4, 0.5) is 13.2 Å². The first-order valence-electron chi connectivity index (χ1n) is 9.55. The Labute approximate surface area is 176 Å².